The summed E-state index contributed by atoms with van der Waals surface area (Å²) in [5, 5.41) is 7.28. The number of aryl methyl sites for hydroxylation is 1. The molecular weight excluding hydrogens is 367 g/mol. The summed E-state index contributed by atoms with van der Waals surface area (Å²) < 4.78 is 10.2. The quantitative estimate of drug-likeness (QED) is 0.760. The Kier molecular flexibility index (Phi) is 6.45. The summed E-state index contributed by atoms with van der Waals surface area (Å²) in [7, 11) is 0. The van der Waals surface area contributed by atoms with Gasteiger partial charge in [-0.1, -0.05) is 34.4 Å². The highest BCUT2D eigenvalue weighted by molar-refractivity contribution is 6.39. The molecule has 0 aliphatic rings. The molecule has 0 saturated carbocycles. The predicted molar refractivity (Wildman–Crippen MR) is 94.9 cm³/mol. The Morgan fingerprint density at radius 2 is 1.92 bits per heavy atom. The highest BCUT2D eigenvalue weighted by Crippen LogP contribution is 2.36. The van der Waals surface area contributed by atoms with E-state index >= 15 is 0 Å². The van der Waals surface area contributed by atoms with E-state index < -0.39 is 5.91 Å². The van der Waals surface area contributed by atoms with Gasteiger partial charge in [-0.05, 0) is 32.9 Å². The third kappa shape index (κ3) is 4.74. The maximum atomic E-state index is 12.5. The molecule has 0 radical (unpaired) electrons. The molecule has 0 aliphatic heterocycles. The first kappa shape index (κ1) is 19.3. The van der Waals surface area contributed by atoms with Crippen molar-refractivity contribution in [2.24, 2.45) is 0 Å². The molecule has 8 heteroatoms. The van der Waals surface area contributed by atoms with Crippen molar-refractivity contribution >= 4 is 35.1 Å². The van der Waals surface area contributed by atoms with Crippen LogP contribution < -0.4 is 5.32 Å². The van der Waals surface area contributed by atoms with Crippen LogP contribution in [0.5, 0.6) is 0 Å². The number of hydrogen-bond acceptors (Lipinski definition) is 5. The fourth-order valence-electron chi connectivity index (χ4n) is 2.22. The Labute approximate surface area is 155 Å². The number of carbonyl (C=O) groups is 2. The molecule has 134 valence electrons. The van der Waals surface area contributed by atoms with Gasteiger partial charge in [-0.25, -0.2) is 0 Å². The average molecular weight is 385 g/mol. The van der Waals surface area contributed by atoms with E-state index in [2.05, 4.69) is 10.5 Å². The third-order valence-electron chi connectivity index (χ3n) is 3.27. The van der Waals surface area contributed by atoms with Crippen molar-refractivity contribution < 1.29 is 18.8 Å². The lowest BCUT2D eigenvalue weighted by Gasteiger charge is -2.09. The summed E-state index contributed by atoms with van der Waals surface area (Å²) in [5.41, 5.74) is 0.912. The number of benzene rings is 1. The molecule has 1 heterocycles. The van der Waals surface area contributed by atoms with Crippen LogP contribution in [-0.4, -0.2) is 29.7 Å². The van der Waals surface area contributed by atoms with Crippen molar-refractivity contribution in [3.05, 3.63) is 39.6 Å². The first-order chi connectivity index (χ1) is 11.8. The molecule has 1 N–H and O–H groups in total. The number of carbonyl (C=O) groups excluding carboxylic acids is 2. The molecule has 0 aliphatic carbocycles. The van der Waals surface area contributed by atoms with Gasteiger partial charge in [0.25, 0.3) is 5.91 Å². The minimum Gasteiger partial charge on any atom is -0.463 e. The average Bonchev–Trinajstić information content (AvgIpc) is 2.88. The lowest BCUT2D eigenvalue weighted by molar-refractivity contribution is -0.147. The van der Waals surface area contributed by atoms with Crippen LogP contribution >= 0.6 is 23.2 Å². The summed E-state index contributed by atoms with van der Waals surface area (Å²) in [6, 6.07) is 4.99. The highest BCUT2D eigenvalue weighted by atomic mass is 35.5. The zero-order valence-electron chi connectivity index (χ0n) is 14.1. The number of hydrogen-bond donors (Lipinski definition) is 1. The number of aromatic nitrogens is 1. The van der Waals surface area contributed by atoms with Crippen LogP contribution in [0.4, 0.5) is 0 Å². The lowest BCUT2D eigenvalue weighted by Crippen LogP contribution is -2.27. The zero-order valence-corrected chi connectivity index (χ0v) is 15.6. The summed E-state index contributed by atoms with van der Waals surface area (Å²) in [4.78, 5) is 24.0. The van der Waals surface area contributed by atoms with E-state index in [9.17, 15) is 9.59 Å². The molecular formula is C17H18Cl2N2O4. The lowest BCUT2D eigenvalue weighted by atomic mass is 10.1. The molecule has 2 rings (SSSR count). The monoisotopic (exact) mass is 384 g/mol. The minimum absolute atomic E-state index is 0.0659. The summed E-state index contributed by atoms with van der Waals surface area (Å²) in [5.74, 6) is -0.484. The maximum absolute atomic E-state index is 12.5. The second kappa shape index (κ2) is 8.36. The number of esters is 1. The molecule has 1 aromatic heterocycles. The zero-order chi connectivity index (χ0) is 18.6. The Morgan fingerprint density at radius 3 is 2.52 bits per heavy atom. The van der Waals surface area contributed by atoms with E-state index in [-0.39, 0.29) is 36.3 Å². The van der Waals surface area contributed by atoms with Crippen molar-refractivity contribution in [3.8, 4) is 11.3 Å². The molecule has 1 aromatic carbocycles. The number of amides is 1. The van der Waals surface area contributed by atoms with Crippen molar-refractivity contribution in [2.75, 3.05) is 6.54 Å². The van der Waals surface area contributed by atoms with Crippen LogP contribution in [0.25, 0.3) is 11.3 Å². The van der Waals surface area contributed by atoms with Crippen LogP contribution in [-0.2, 0) is 9.53 Å². The predicted octanol–water partition coefficient (Wildman–Crippen LogP) is 4.03. The molecule has 1 amide bonds. The summed E-state index contributed by atoms with van der Waals surface area (Å²) in [6.45, 7) is 5.26. The highest BCUT2D eigenvalue weighted by Gasteiger charge is 2.24. The van der Waals surface area contributed by atoms with Gasteiger partial charge < -0.3 is 14.6 Å². The van der Waals surface area contributed by atoms with Crippen molar-refractivity contribution in [1.29, 1.82) is 0 Å². The van der Waals surface area contributed by atoms with E-state index in [1.165, 1.54) is 0 Å². The molecule has 0 atom stereocenters. The smallest absolute Gasteiger partial charge is 0.307 e. The molecule has 0 unspecified atom stereocenters. The minimum atomic E-state index is -0.429. The largest absolute Gasteiger partial charge is 0.463 e. The van der Waals surface area contributed by atoms with E-state index in [4.69, 9.17) is 32.5 Å². The molecule has 0 saturated heterocycles. The molecule has 0 bridgehead atoms. The summed E-state index contributed by atoms with van der Waals surface area (Å²) in [6.07, 6.45) is -0.131. The van der Waals surface area contributed by atoms with Crippen LogP contribution in [0.2, 0.25) is 10.0 Å². The van der Waals surface area contributed by atoms with E-state index in [1.807, 2.05) is 0 Å². The van der Waals surface area contributed by atoms with Gasteiger partial charge in [0, 0.05) is 12.1 Å². The number of halogens is 2. The molecule has 2 aromatic rings. The van der Waals surface area contributed by atoms with Gasteiger partial charge in [0.1, 0.15) is 17.0 Å². The van der Waals surface area contributed by atoms with Crippen molar-refractivity contribution in [3.63, 3.8) is 0 Å². The normalized spacial score (nSPS) is 10.8. The van der Waals surface area contributed by atoms with Crippen LogP contribution in [0, 0.1) is 6.92 Å². The van der Waals surface area contributed by atoms with Gasteiger partial charge in [-0.2, -0.15) is 0 Å². The number of rotatable bonds is 6. The molecule has 0 spiro atoms. The van der Waals surface area contributed by atoms with Crippen molar-refractivity contribution in [2.45, 2.75) is 33.3 Å². The number of nitrogens with zero attached hydrogens (tertiary/aromatic N) is 1. The van der Waals surface area contributed by atoms with Crippen molar-refractivity contribution in [1.82, 2.24) is 10.5 Å². The first-order valence-electron chi connectivity index (χ1n) is 7.69. The van der Waals surface area contributed by atoms with E-state index in [0.717, 1.165) is 0 Å². The van der Waals surface area contributed by atoms with E-state index in [0.29, 0.717) is 21.4 Å². The fourth-order valence-corrected chi connectivity index (χ4v) is 2.80. The van der Waals surface area contributed by atoms with Crippen LogP contribution in [0.3, 0.4) is 0 Å². The fraction of sp³-hybridized carbons (Fsp3) is 0.353. The Bertz CT molecular complexity index is 767. The molecule has 25 heavy (non-hydrogen) atoms. The first-order valence-corrected chi connectivity index (χ1v) is 8.45. The molecule has 0 fully saturated rings. The summed E-state index contributed by atoms with van der Waals surface area (Å²) >= 11 is 12.4. The SMILES string of the molecule is Cc1onc(-c2c(Cl)cccc2Cl)c1C(=O)NCCC(=O)OC(C)C. The molecule has 6 nitrogen and oxygen atoms in total. The third-order valence-corrected chi connectivity index (χ3v) is 3.90. The topological polar surface area (TPSA) is 81.4 Å². The second-order valence-corrected chi connectivity index (χ2v) is 6.42. The van der Waals surface area contributed by atoms with Crippen LogP contribution in [0.1, 0.15) is 36.4 Å². The van der Waals surface area contributed by atoms with Gasteiger partial charge in [-0.15, -0.1) is 0 Å². The van der Waals surface area contributed by atoms with Gasteiger partial charge in [0.2, 0.25) is 0 Å². The standard InChI is InChI=1S/C17H18Cl2N2O4/c1-9(2)24-13(22)7-8-20-17(23)14-10(3)25-21-16(14)15-11(18)5-4-6-12(15)19/h4-6,9H,7-8H2,1-3H3,(H,20,23). The Hall–Kier alpha value is -2.05. The number of nitrogens with one attached hydrogen (secondary N) is 1. The maximum Gasteiger partial charge on any atom is 0.307 e. The van der Waals surface area contributed by atoms with Gasteiger partial charge in [0.15, 0.2) is 0 Å². The van der Waals surface area contributed by atoms with Gasteiger partial charge in [0.05, 0.1) is 22.6 Å². The van der Waals surface area contributed by atoms with Crippen LogP contribution in [0.15, 0.2) is 22.7 Å². The number of ether oxygens (including phenoxy) is 1. The second-order valence-electron chi connectivity index (χ2n) is 5.60. The Morgan fingerprint density at radius 1 is 1.28 bits per heavy atom. The van der Waals surface area contributed by atoms with E-state index in [1.54, 1.807) is 39.0 Å². The van der Waals surface area contributed by atoms with Gasteiger partial charge in [-0.3, -0.25) is 9.59 Å². The van der Waals surface area contributed by atoms with Gasteiger partial charge >= 0.3 is 5.97 Å². The Balaban J connectivity index is 2.16.